The normalized spacial score (nSPS) is 10.6. The van der Waals surface area contributed by atoms with E-state index in [9.17, 15) is 0 Å². The van der Waals surface area contributed by atoms with Crippen molar-refractivity contribution >= 4 is 23.3 Å². The van der Waals surface area contributed by atoms with Gasteiger partial charge >= 0.3 is 0 Å². The van der Waals surface area contributed by atoms with Gasteiger partial charge in [-0.2, -0.15) is 0 Å². The highest BCUT2D eigenvalue weighted by Crippen LogP contribution is 2.20. The number of halogens is 1. The first kappa shape index (κ1) is 15.6. The van der Waals surface area contributed by atoms with Crippen LogP contribution in [-0.2, 0) is 20.1 Å². The van der Waals surface area contributed by atoms with E-state index in [2.05, 4.69) is 78.6 Å². The maximum atomic E-state index is 3.53. The Kier molecular flexibility index (Phi) is 5.05. The molecule has 1 N–H and O–H groups in total. The molecule has 2 aromatic carbocycles. The van der Waals surface area contributed by atoms with Crippen molar-refractivity contribution < 1.29 is 0 Å². The quantitative estimate of drug-likeness (QED) is 0.764. The lowest BCUT2D eigenvalue weighted by molar-refractivity contribution is 0.694. The Labute approximate surface area is 132 Å². The summed E-state index contributed by atoms with van der Waals surface area (Å²) >= 11 is 0. The molecule has 3 heteroatoms. The third-order valence-electron chi connectivity index (χ3n) is 3.74. The Bertz CT molecular complexity index is 714. The summed E-state index contributed by atoms with van der Waals surface area (Å²) in [6, 6.07) is 17.2. The van der Waals surface area contributed by atoms with Crippen molar-refractivity contribution in [2.75, 3.05) is 0 Å². The van der Waals surface area contributed by atoms with Crippen molar-refractivity contribution in [3.05, 3.63) is 71.4 Å². The number of fused-ring (bicyclic) bond motifs is 1. The molecule has 0 saturated heterocycles. The summed E-state index contributed by atoms with van der Waals surface area (Å²) in [6.07, 6.45) is 2.22. The van der Waals surface area contributed by atoms with Gasteiger partial charge in [0.15, 0.2) is 0 Å². The summed E-state index contributed by atoms with van der Waals surface area (Å²) in [6.45, 7) is 3.92. The highest BCUT2D eigenvalue weighted by Gasteiger charge is 2.04. The molecule has 0 spiro atoms. The van der Waals surface area contributed by atoms with Gasteiger partial charge in [-0.15, -0.1) is 12.4 Å². The third-order valence-corrected chi connectivity index (χ3v) is 3.74. The van der Waals surface area contributed by atoms with Crippen LogP contribution < -0.4 is 5.32 Å². The van der Waals surface area contributed by atoms with Crippen LogP contribution in [0, 0.1) is 6.92 Å². The van der Waals surface area contributed by atoms with Gasteiger partial charge < -0.3 is 9.88 Å². The van der Waals surface area contributed by atoms with Crippen molar-refractivity contribution in [2.45, 2.75) is 20.0 Å². The average Bonchev–Trinajstić information content (AvgIpc) is 2.79. The van der Waals surface area contributed by atoms with E-state index < -0.39 is 0 Å². The van der Waals surface area contributed by atoms with Crippen LogP contribution in [0.25, 0.3) is 10.9 Å². The summed E-state index contributed by atoms with van der Waals surface area (Å²) in [5, 5.41) is 4.87. The lowest BCUT2D eigenvalue weighted by Crippen LogP contribution is -2.12. The van der Waals surface area contributed by atoms with Crippen molar-refractivity contribution in [1.29, 1.82) is 0 Å². The number of nitrogens with zero attached hydrogens (tertiary/aromatic N) is 1. The highest BCUT2D eigenvalue weighted by molar-refractivity contribution is 5.85. The smallest absolute Gasteiger partial charge is 0.0481 e. The molecule has 0 atom stereocenters. The van der Waals surface area contributed by atoms with Gasteiger partial charge in [0, 0.05) is 37.2 Å². The molecule has 0 unspecified atom stereocenters. The number of nitrogens with one attached hydrogen (secondary N) is 1. The second kappa shape index (κ2) is 6.79. The number of hydrogen-bond acceptors (Lipinski definition) is 1. The number of benzene rings is 2. The largest absolute Gasteiger partial charge is 0.350 e. The van der Waals surface area contributed by atoms with Crippen molar-refractivity contribution in [3.8, 4) is 0 Å². The zero-order chi connectivity index (χ0) is 13.9. The van der Waals surface area contributed by atoms with E-state index in [1.807, 2.05) is 0 Å². The van der Waals surface area contributed by atoms with Crippen LogP contribution in [0.1, 0.15) is 16.7 Å². The lowest BCUT2D eigenvalue weighted by atomic mass is 10.1. The van der Waals surface area contributed by atoms with Crippen LogP contribution in [-0.4, -0.2) is 4.57 Å². The number of rotatable bonds is 4. The van der Waals surface area contributed by atoms with Gasteiger partial charge in [-0.3, -0.25) is 0 Å². The van der Waals surface area contributed by atoms with E-state index in [1.165, 1.54) is 27.6 Å². The molecule has 1 heterocycles. The molecule has 3 rings (SSSR count). The first-order chi connectivity index (χ1) is 9.74. The number of aryl methyl sites for hydroxylation is 2. The minimum atomic E-state index is 0. The van der Waals surface area contributed by atoms with Crippen LogP contribution in [0.5, 0.6) is 0 Å². The predicted molar refractivity (Wildman–Crippen MR) is 91.9 cm³/mol. The second-order valence-corrected chi connectivity index (χ2v) is 5.37. The van der Waals surface area contributed by atoms with Crippen LogP contribution >= 0.6 is 12.4 Å². The molecule has 0 radical (unpaired) electrons. The van der Waals surface area contributed by atoms with Gasteiger partial charge in [0.25, 0.3) is 0 Å². The molecule has 0 fully saturated rings. The first-order valence-corrected chi connectivity index (χ1v) is 7.03. The molecule has 0 saturated carbocycles. The molecule has 110 valence electrons. The SMILES string of the molecule is Cc1ccc(CNCc2cn(C)c3ccccc23)cc1.Cl. The van der Waals surface area contributed by atoms with E-state index in [1.54, 1.807) is 0 Å². The molecule has 0 amide bonds. The monoisotopic (exact) mass is 300 g/mol. The van der Waals surface area contributed by atoms with Gasteiger partial charge in [0.2, 0.25) is 0 Å². The Hall–Kier alpha value is -1.77. The summed E-state index contributed by atoms with van der Waals surface area (Å²) in [5.74, 6) is 0. The van der Waals surface area contributed by atoms with Gasteiger partial charge in [-0.25, -0.2) is 0 Å². The van der Waals surface area contributed by atoms with Crippen LogP contribution in [0.4, 0.5) is 0 Å². The minimum absolute atomic E-state index is 0. The van der Waals surface area contributed by atoms with Crippen molar-refractivity contribution in [3.63, 3.8) is 0 Å². The molecule has 1 aromatic heterocycles. The molecular weight excluding hydrogens is 280 g/mol. The molecule has 3 aromatic rings. The highest BCUT2D eigenvalue weighted by atomic mass is 35.5. The van der Waals surface area contributed by atoms with E-state index in [-0.39, 0.29) is 12.4 Å². The molecule has 21 heavy (non-hydrogen) atoms. The minimum Gasteiger partial charge on any atom is -0.350 e. The molecule has 2 nitrogen and oxygen atoms in total. The van der Waals surface area contributed by atoms with Gasteiger partial charge in [-0.05, 0) is 24.1 Å². The third kappa shape index (κ3) is 3.46. The zero-order valence-corrected chi connectivity index (χ0v) is 13.3. The first-order valence-electron chi connectivity index (χ1n) is 7.03. The summed E-state index contributed by atoms with van der Waals surface area (Å²) in [4.78, 5) is 0. The number of hydrogen-bond donors (Lipinski definition) is 1. The van der Waals surface area contributed by atoms with Crippen molar-refractivity contribution in [1.82, 2.24) is 9.88 Å². The number of para-hydroxylation sites is 1. The van der Waals surface area contributed by atoms with Crippen LogP contribution in [0.3, 0.4) is 0 Å². The van der Waals surface area contributed by atoms with E-state index in [0.29, 0.717) is 0 Å². The summed E-state index contributed by atoms with van der Waals surface area (Å²) < 4.78 is 2.19. The number of aromatic nitrogens is 1. The van der Waals surface area contributed by atoms with E-state index >= 15 is 0 Å². The molecule has 0 aliphatic carbocycles. The standard InChI is InChI=1S/C18H20N2.ClH/c1-14-7-9-15(10-8-14)11-19-12-16-13-20(2)18-6-4-3-5-17(16)18;/h3-10,13,19H,11-12H2,1-2H3;1H. The fraction of sp³-hybridized carbons (Fsp3) is 0.222. The Morgan fingerprint density at radius 1 is 0.952 bits per heavy atom. The predicted octanol–water partition coefficient (Wildman–Crippen LogP) is 4.20. The fourth-order valence-electron chi connectivity index (χ4n) is 2.61. The molecule has 0 aliphatic rings. The van der Waals surface area contributed by atoms with Crippen molar-refractivity contribution in [2.24, 2.45) is 7.05 Å². The zero-order valence-electron chi connectivity index (χ0n) is 12.5. The fourth-order valence-corrected chi connectivity index (χ4v) is 2.61. The Morgan fingerprint density at radius 2 is 1.67 bits per heavy atom. The Balaban J connectivity index is 0.00000161. The molecular formula is C18H21ClN2. The average molecular weight is 301 g/mol. The topological polar surface area (TPSA) is 17.0 Å². The van der Waals surface area contributed by atoms with E-state index in [4.69, 9.17) is 0 Å². The molecule has 0 aliphatic heterocycles. The van der Waals surface area contributed by atoms with E-state index in [0.717, 1.165) is 13.1 Å². The van der Waals surface area contributed by atoms with Crippen LogP contribution in [0.2, 0.25) is 0 Å². The maximum Gasteiger partial charge on any atom is 0.0481 e. The van der Waals surface area contributed by atoms with Crippen LogP contribution in [0.15, 0.2) is 54.7 Å². The van der Waals surface area contributed by atoms with Gasteiger partial charge in [-0.1, -0.05) is 48.0 Å². The van der Waals surface area contributed by atoms with Gasteiger partial charge in [0.1, 0.15) is 0 Å². The molecule has 0 bridgehead atoms. The lowest BCUT2D eigenvalue weighted by Gasteiger charge is -2.04. The maximum absolute atomic E-state index is 3.53. The Morgan fingerprint density at radius 3 is 2.43 bits per heavy atom. The summed E-state index contributed by atoms with van der Waals surface area (Å²) in [5.41, 5.74) is 5.29. The van der Waals surface area contributed by atoms with Gasteiger partial charge in [0.05, 0.1) is 0 Å². The second-order valence-electron chi connectivity index (χ2n) is 5.37. The summed E-state index contributed by atoms with van der Waals surface area (Å²) in [7, 11) is 2.10.